The van der Waals surface area contributed by atoms with Gasteiger partial charge in [0.2, 0.25) is 0 Å². The monoisotopic (exact) mass is 428 g/mol. The van der Waals surface area contributed by atoms with Gasteiger partial charge in [-0.05, 0) is 48.0 Å². The molecule has 1 aliphatic heterocycles. The molecule has 9 heteroatoms. The zero-order chi connectivity index (χ0) is 21.7. The number of rotatable bonds is 6. The Morgan fingerprint density at radius 2 is 1.87 bits per heavy atom. The topological polar surface area (TPSA) is 68.9 Å². The van der Waals surface area contributed by atoms with Gasteiger partial charge in [0.25, 0.3) is 5.91 Å². The molecule has 0 saturated carbocycles. The average molecular weight is 428 g/mol. The molecule has 0 fully saturated rings. The molecule has 2 aromatic carbocycles. The van der Waals surface area contributed by atoms with E-state index in [1.807, 2.05) is 49.3 Å². The molecule has 30 heavy (non-hydrogen) atoms. The van der Waals surface area contributed by atoms with Crippen LogP contribution in [0.4, 0.5) is 20.2 Å². The molecule has 1 amide bonds. The molecule has 6 nitrogen and oxygen atoms in total. The highest BCUT2D eigenvalue weighted by Crippen LogP contribution is 2.31. The summed E-state index contributed by atoms with van der Waals surface area (Å²) in [7, 11) is 3.87. The van der Waals surface area contributed by atoms with E-state index in [9.17, 15) is 13.6 Å². The summed E-state index contributed by atoms with van der Waals surface area (Å²) in [5, 5.41) is 9.25. The lowest BCUT2D eigenvalue weighted by Crippen LogP contribution is -2.30. The fourth-order valence-electron chi connectivity index (χ4n) is 2.72. The Balaban J connectivity index is 1.89. The Labute approximate surface area is 177 Å². The summed E-state index contributed by atoms with van der Waals surface area (Å²) in [6.45, 7) is -2.93. The van der Waals surface area contributed by atoms with Crippen molar-refractivity contribution in [3.63, 3.8) is 0 Å². The van der Waals surface area contributed by atoms with Crippen LogP contribution in [-0.4, -0.2) is 37.5 Å². The smallest absolute Gasteiger partial charge is 0.387 e. The molecule has 0 radical (unpaired) electrons. The lowest BCUT2D eigenvalue weighted by atomic mass is 10.1. The molecule has 0 spiro atoms. The van der Waals surface area contributed by atoms with Crippen LogP contribution in [0.1, 0.15) is 5.56 Å². The van der Waals surface area contributed by atoms with Gasteiger partial charge in [0.1, 0.15) is 11.4 Å². The number of carbonyl (C=O) groups is 1. The molecule has 0 saturated heterocycles. The fourth-order valence-corrected chi connectivity index (χ4v) is 3.39. The highest BCUT2D eigenvalue weighted by atomic mass is 32.2. The number of anilines is 2. The van der Waals surface area contributed by atoms with Crippen LogP contribution in [0.5, 0.6) is 5.75 Å². The number of halogens is 2. The second-order valence-electron chi connectivity index (χ2n) is 6.37. The quantitative estimate of drug-likeness (QED) is 0.640. The third-order valence-corrected chi connectivity index (χ3v) is 4.93. The first-order chi connectivity index (χ1) is 14.4. The first kappa shape index (κ1) is 21.3. The van der Waals surface area contributed by atoms with E-state index in [4.69, 9.17) is 5.26 Å². The third kappa shape index (κ3) is 4.96. The minimum absolute atomic E-state index is 0.0136. The minimum Gasteiger partial charge on any atom is -0.435 e. The normalized spacial score (nSPS) is 14.8. The minimum atomic E-state index is -2.93. The molecular weight excluding hydrogens is 410 g/mol. The van der Waals surface area contributed by atoms with Crippen LogP contribution in [0.2, 0.25) is 0 Å². The predicted octanol–water partition coefficient (Wildman–Crippen LogP) is 4.35. The third-order valence-electron chi connectivity index (χ3n) is 4.13. The Morgan fingerprint density at radius 3 is 2.43 bits per heavy atom. The number of ether oxygens (including phenoxy) is 1. The lowest BCUT2D eigenvalue weighted by Gasteiger charge is -2.17. The van der Waals surface area contributed by atoms with E-state index in [1.165, 1.54) is 29.2 Å². The number of nitrogens with zero attached hydrogens (tertiary/aromatic N) is 4. The number of hydrogen-bond donors (Lipinski definition) is 0. The molecule has 0 unspecified atom stereocenters. The van der Waals surface area contributed by atoms with E-state index in [0.717, 1.165) is 23.0 Å². The number of alkyl halides is 2. The van der Waals surface area contributed by atoms with Crippen LogP contribution in [0.15, 0.2) is 59.2 Å². The van der Waals surface area contributed by atoms with Gasteiger partial charge in [-0.25, -0.2) is 4.99 Å². The summed E-state index contributed by atoms with van der Waals surface area (Å²) in [5.74, 6) is -0.269. The Hall–Kier alpha value is -3.38. The first-order valence-electron chi connectivity index (χ1n) is 8.86. The van der Waals surface area contributed by atoms with Crippen molar-refractivity contribution in [1.29, 1.82) is 5.26 Å². The lowest BCUT2D eigenvalue weighted by molar-refractivity contribution is -0.113. The van der Waals surface area contributed by atoms with E-state index in [-0.39, 0.29) is 23.1 Å². The zero-order valence-electron chi connectivity index (χ0n) is 16.3. The number of thioether (sulfide) groups is 1. The number of hydrogen-bond acceptors (Lipinski definition) is 6. The summed E-state index contributed by atoms with van der Waals surface area (Å²) < 4.78 is 29.1. The molecule has 154 valence electrons. The molecule has 0 atom stereocenters. The van der Waals surface area contributed by atoms with Gasteiger partial charge in [0.05, 0.1) is 17.5 Å². The van der Waals surface area contributed by atoms with E-state index < -0.39 is 6.61 Å². The number of aliphatic imine (C=N–C) groups is 1. The SMILES string of the molecule is CN(C)c1ccc(/C=C2\N=C(SCC#N)N(c3ccc(OC(F)F)cc3)C2=O)cc1. The van der Waals surface area contributed by atoms with Crippen molar-refractivity contribution < 1.29 is 18.3 Å². The summed E-state index contributed by atoms with van der Waals surface area (Å²) >= 11 is 1.12. The van der Waals surface area contributed by atoms with Gasteiger partial charge in [-0.2, -0.15) is 14.0 Å². The van der Waals surface area contributed by atoms with Gasteiger partial charge in [-0.1, -0.05) is 23.9 Å². The van der Waals surface area contributed by atoms with E-state index in [0.29, 0.717) is 10.9 Å². The van der Waals surface area contributed by atoms with Gasteiger partial charge in [-0.15, -0.1) is 0 Å². The van der Waals surface area contributed by atoms with Crippen molar-refractivity contribution in [2.75, 3.05) is 29.6 Å². The molecule has 0 N–H and O–H groups in total. The van der Waals surface area contributed by atoms with Crippen molar-refractivity contribution in [1.82, 2.24) is 0 Å². The van der Waals surface area contributed by atoms with Crippen LogP contribution in [0.25, 0.3) is 6.08 Å². The standard InChI is InChI=1S/C21H18F2N4O2S/c1-26(2)15-5-3-14(4-6-15)13-18-19(28)27(21(25-18)30-12-11-24)16-7-9-17(10-8-16)29-20(22)23/h3-10,13,20H,12H2,1-2H3/b18-13-. The van der Waals surface area contributed by atoms with Crippen LogP contribution in [-0.2, 0) is 4.79 Å². The highest BCUT2D eigenvalue weighted by Gasteiger charge is 2.32. The number of carbonyl (C=O) groups excluding carboxylic acids is 1. The summed E-state index contributed by atoms with van der Waals surface area (Å²) in [5.41, 5.74) is 2.49. The van der Waals surface area contributed by atoms with Gasteiger partial charge in [0.15, 0.2) is 5.17 Å². The average Bonchev–Trinajstić information content (AvgIpc) is 3.02. The molecule has 1 heterocycles. The van der Waals surface area contributed by atoms with Crippen molar-refractivity contribution >= 4 is 40.3 Å². The van der Waals surface area contributed by atoms with Crippen LogP contribution >= 0.6 is 11.8 Å². The van der Waals surface area contributed by atoms with Gasteiger partial charge in [0, 0.05) is 19.8 Å². The zero-order valence-corrected chi connectivity index (χ0v) is 17.1. The predicted molar refractivity (Wildman–Crippen MR) is 115 cm³/mol. The number of amides is 1. The van der Waals surface area contributed by atoms with Crippen molar-refractivity contribution in [3.05, 3.63) is 59.8 Å². The van der Waals surface area contributed by atoms with Crippen LogP contribution in [0.3, 0.4) is 0 Å². The second kappa shape index (κ2) is 9.41. The van der Waals surface area contributed by atoms with Crippen LogP contribution in [0, 0.1) is 11.3 Å². The maximum absolute atomic E-state index is 13.0. The number of benzene rings is 2. The molecule has 0 bridgehead atoms. The molecule has 1 aliphatic rings. The van der Waals surface area contributed by atoms with E-state index in [1.54, 1.807) is 6.08 Å². The number of amidine groups is 1. The van der Waals surface area contributed by atoms with Gasteiger partial charge in [-0.3, -0.25) is 9.69 Å². The van der Waals surface area contributed by atoms with Crippen molar-refractivity contribution in [3.8, 4) is 11.8 Å². The number of nitriles is 1. The molecule has 3 rings (SSSR count). The summed E-state index contributed by atoms with van der Waals surface area (Å²) in [6, 6.07) is 15.3. The maximum Gasteiger partial charge on any atom is 0.387 e. The van der Waals surface area contributed by atoms with E-state index in [2.05, 4.69) is 9.73 Å². The Morgan fingerprint density at radius 1 is 1.20 bits per heavy atom. The Bertz CT molecular complexity index is 1010. The highest BCUT2D eigenvalue weighted by molar-refractivity contribution is 8.14. The van der Waals surface area contributed by atoms with Crippen LogP contribution < -0.4 is 14.5 Å². The van der Waals surface area contributed by atoms with Gasteiger partial charge >= 0.3 is 6.61 Å². The second-order valence-corrected chi connectivity index (χ2v) is 7.31. The van der Waals surface area contributed by atoms with Crippen molar-refractivity contribution in [2.24, 2.45) is 4.99 Å². The van der Waals surface area contributed by atoms with Crippen molar-refractivity contribution in [2.45, 2.75) is 6.61 Å². The summed E-state index contributed by atoms with van der Waals surface area (Å²) in [6.07, 6.45) is 1.67. The molecule has 0 aliphatic carbocycles. The molecule has 0 aromatic heterocycles. The Kier molecular flexibility index (Phi) is 6.69. The van der Waals surface area contributed by atoms with Gasteiger partial charge < -0.3 is 9.64 Å². The molecular formula is C21H18F2N4O2S. The van der Waals surface area contributed by atoms with E-state index >= 15 is 0 Å². The first-order valence-corrected chi connectivity index (χ1v) is 9.84. The molecule has 2 aromatic rings. The maximum atomic E-state index is 13.0. The fraction of sp³-hybridized carbons (Fsp3) is 0.190. The largest absolute Gasteiger partial charge is 0.435 e. The summed E-state index contributed by atoms with van der Waals surface area (Å²) in [4.78, 5) is 20.7.